The number of hydrogen-bond acceptors (Lipinski definition) is 4. The van der Waals surface area contributed by atoms with Crippen LogP contribution in [0.3, 0.4) is 0 Å². The molecule has 23 heavy (non-hydrogen) atoms. The van der Waals surface area contributed by atoms with Gasteiger partial charge in [-0.05, 0) is 18.4 Å². The molecule has 2 rings (SSSR count). The number of hydrogen-bond donors (Lipinski definition) is 1. The maximum atomic E-state index is 11.7. The van der Waals surface area contributed by atoms with E-state index >= 15 is 0 Å². The molecule has 0 aromatic heterocycles. The van der Waals surface area contributed by atoms with Crippen LogP contribution in [0, 0.1) is 0 Å². The van der Waals surface area contributed by atoms with Crippen molar-refractivity contribution in [3.05, 3.63) is 35.9 Å². The molecule has 0 bridgehead atoms. The van der Waals surface area contributed by atoms with E-state index in [2.05, 4.69) is 5.32 Å². The van der Waals surface area contributed by atoms with E-state index < -0.39 is 0 Å². The highest BCUT2D eigenvalue weighted by molar-refractivity contribution is 5.75. The smallest absolute Gasteiger partial charge is 0.409 e. The highest BCUT2D eigenvalue weighted by Crippen LogP contribution is 2.03. The molecule has 0 atom stereocenters. The Kier molecular flexibility index (Phi) is 7.39. The first-order chi connectivity index (χ1) is 11.3. The van der Waals surface area contributed by atoms with E-state index in [1.165, 1.54) is 0 Å². The van der Waals surface area contributed by atoms with Gasteiger partial charge in [0.1, 0.15) is 6.61 Å². The van der Waals surface area contributed by atoms with Crippen LogP contribution in [0.5, 0.6) is 0 Å². The second-order valence-electron chi connectivity index (χ2n) is 5.45. The van der Waals surface area contributed by atoms with E-state index in [0.29, 0.717) is 52.3 Å². The van der Waals surface area contributed by atoms with Gasteiger partial charge in [-0.1, -0.05) is 30.3 Å². The summed E-state index contributed by atoms with van der Waals surface area (Å²) in [5.41, 5.74) is 1.14. The molecular formula is C17H24N2O4. The van der Waals surface area contributed by atoms with E-state index in [0.717, 1.165) is 12.0 Å². The summed E-state index contributed by atoms with van der Waals surface area (Å²) < 4.78 is 10.4. The lowest BCUT2D eigenvalue weighted by molar-refractivity contribution is -0.121. The molecule has 1 N–H and O–H groups in total. The largest absolute Gasteiger partial charge is 0.448 e. The normalized spacial score (nSPS) is 13.9. The fourth-order valence-corrected chi connectivity index (χ4v) is 2.31. The molecule has 1 aromatic rings. The third-order valence-electron chi connectivity index (χ3n) is 3.58. The Balaban J connectivity index is 1.43. The number of nitrogens with one attached hydrogen (secondary N) is 1. The molecule has 0 unspecified atom stereocenters. The Hall–Kier alpha value is -2.08. The molecule has 1 fully saturated rings. The van der Waals surface area contributed by atoms with Gasteiger partial charge in [0, 0.05) is 26.1 Å². The first-order valence-corrected chi connectivity index (χ1v) is 8.06. The zero-order chi connectivity index (χ0) is 16.3. The number of benzene rings is 1. The Labute approximate surface area is 136 Å². The number of cyclic esters (lactones) is 1. The molecule has 1 heterocycles. The average molecular weight is 320 g/mol. The quantitative estimate of drug-likeness (QED) is 0.669. The zero-order valence-corrected chi connectivity index (χ0v) is 13.3. The number of nitrogens with zero attached hydrogens (tertiary/aromatic N) is 1. The van der Waals surface area contributed by atoms with Crippen LogP contribution >= 0.6 is 0 Å². The topological polar surface area (TPSA) is 67.9 Å². The zero-order valence-electron chi connectivity index (χ0n) is 13.3. The van der Waals surface area contributed by atoms with Crippen LogP contribution in [0.1, 0.15) is 24.8 Å². The Morgan fingerprint density at radius 1 is 1.26 bits per heavy atom. The molecule has 0 aliphatic carbocycles. The van der Waals surface area contributed by atoms with Crippen LogP contribution in [-0.4, -0.2) is 49.7 Å². The van der Waals surface area contributed by atoms with E-state index in [4.69, 9.17) is 9.47 Å². The van der Waals surface area contributed by atoms with Crippen molar-refractivity contribution in [1.29, 1.82) is 0 Å². The molecule has 0 saturated carbocycles. The summed E-state index contributed by atoms with van der Waals surface area (Å²) in [7, 11) is 0. The molecule has 1 aliphatic heterocycles. The predicted octanol–water partition coefficient (Wildman–Crippen LogP) is 1.94. The SMILES string of the molecule is O=C(CCCOCc1ccccc1)NCCCN1CCOC1=O. The van der Waals surface area contributed by atoms with Crippen molar-refractivity contribution < 1.29 is 19.1 Å². The van der Waals surface area contributed by atoms with Crippen molar-refractivity contribution in [3.63, 3.8) is 0 Å². The molecule has 126 valence electrons. The van der Waals surface area contributed by atoms with Gasteiger partial charge >= 0.3 is 6.09 Å². The summed E-state index contributed by atoms with van der Waals surface area (Å²) in [6.07, 6.45) is 1.65. The van der Waals surface area contributed by atoms with Crippen molar-refractivity contribution in [3.8, 4) is 0 Å². The second kappa shape index (κ2) is 9.84. The molecule has 1 aromatic carbocycles. The third-order valence-corrected chi connectivity index (χ3v) is 3.58. The van der Waals surface area contributed by atoms with Gasteiger partial charge in [-0.25, -0.2) is 4.79 Å². The summed E-state index contributed by atoms with van der Waals surface area (Å²) in [5, 5.41) is 2.86. The molecule has 1 saturated heterocycles. The van der Waals surface area contributed by atoms with Gasteiger partial charge in [0.05, 0.1) is 13.2 Å². The van der Waals surface area contributed by atoms with Crippen molar-refractivity contribution in [1.82, 2.24) is 10.2 Å². The van der Waals surface area contributed by atoms with E-state index in [9.17, 15) is 9.59 Å². The number of carbonyl (C=O) groups is 2. The van der Waals surface area contributed by atoms with Crippen molar-refractivity contribution in [2.45, 2.75) is 25.9 Å². The fraction of sp³-hybridized carbons (Fsp3) is 0.529. The van der Waals surface area contributed by atoms with Crippen LogP contribution in [0.15, 0.2) is 30.3 Å². The minimum atomic E-state index is -0.258. The molecule has 0 radical (unpaired) electrons. The lowest BCUT2D eigenvalue weighted by atomic mass is 10.2. The monoisotopic (exact) mass is 320 g/mol. The number of ether oxygens (including phenoxy) is 2. The van der Waals surface area contributed by atoms with Crippen LogP contribution in [0.25, 0.3) is 0 Å². The van der Waals surface area contributed by atoms with E-state index in [1.807, 2.05) is 30.3 Å². The molecule has 6 heteroatoms. The van der Waals surface area contributed by atoms with Crippen LogP contribution in [0.2, 0.25) is 0 Å². The highest BCUT2D eigenvalue weighted by atomic mass is 16.6. The van der Waals surface area contributed by atoms with E-state index in [-0.39, 0.29) is 12.0 Å². The number of carbonyl (C=O) groups excluding carboxylic acids is 2. The first kappa shape index (κ1) is 17.3. The molecule has 2 amide bonds. The Morgan fingerprint density at radius 2 is 2.09 bits per heavy atom. The third kappa shape index (κ3) is 6.69. The van der Waals surface area contributed by atoms with Gasteiger partial charge in [0.15, 0.2) is 0 Å². The van der Waals surface area contributed by atoms with Crippen molar-refractivity contribution in [2.24, 2.45) is 0 Å². The van der Waals surface area contributed by atoms with Gasteiger partial charge in [-0.3, -0.25) is 4.79 Å². The van der Waals surface area contributed by atoms with Crippen LogP contribution in [0.4, 0.5) is 4.79 Å². The maximum Gasteiger partial charge on any atom is 0.409 e. The standard InChI is InChI=1S/C17H24N2O4/c20-16(18-9-5-10-19-11-13-23-17(19)21)8-4-12-22-14-15-6-2-1-3-7-15/h1-3,6-7H,4-5,8-14H2,(H,18,20). The van der Waals surface area contributed by atoms with Gasteiger partial charge in [0.2, 0.25) is 5.91 Å². The maximum absolute atomic E-state index is 11.7. The van der Waals surface area contributed by atoms with Crippen molar-refractivity contribution in [2.75, 3.05) is 32.8 Å². The van der Waals surface area contributed by atoms with Gasteiger partial charge in [-0.2, -0.15) is 0 Å². The summed E-state index contributed by atoms with van der Waals surface area (Å²) >= 11 is 0. The minimum Gasteiger partial charge on any atom is -0.448 e. The number of amides is 2. The highest BCUT2D eigenvalue weighted by Gasteiger charge is 2.20. The molecule has 6 nitrogen and oxygen atoms in total. The average Bonchev–Trinajstić information content (AvgIpc) is 2.97. The number of rotatable bonds is 10. The lowest BCUT2D eigenvalue weighted by Crippen LogP contribution is -2.30. The Morgan fingerprint density at radius 3 is 2.83 bits per heavy atom. The van der Waals surface area contributed by atoms with Crippen LogP contribution in [-0.2, 0) is 20.9 Å². The predicted molar refractivity (Wildman–Crippen MR) is 85.9 cm³/mol. The summed E-state index contributed by atoms with van der Waals surface area (Å²) in [6.45, 7) is 3.46. The summed E-state index contributed by atoms with van der Waals surface area (Å²) in [6, 6.07) is 9.97. The molecular weight excluding hydrogens is 296 g/mol. The van der Waals surface area contributed by atoms with Crippen LogP contribution < -0.4 is 5.32 Å². The lowest BCUT2D eigenvalue weighted by Gasteiger charge is -2.12. The second-order valence-corrected chi connectivity index (χ2v) is 5.45. The Bertz CT molecular complexity index is 493. The summed E-state index contributed by atoms with van der Waals surface area (Å²) in [5.74, 6) is 0.0253. The first-order valence-electron chi connectivity index (χ1n) is 8.06. The van der Waals surface area contributed by atoms with Gasteiger partial charge in [0.25, 0.3) is 0 Å². The van der Waals surface area contributed by atoms with Crippen molar-refractivity contribution >= 4 is 12.0 Å². The minimum absolute atomic E-state index is 0.0253. The van der Waals surface area contributed by atoms with E-state index in [1.54, 1.807) is 4.90 Å². The summed E-state index contributed by atoms with van der Waals surface area (Å²) in [4.78, 5) is 24.5. The van der Waals surface area contributed by atoms with Gasteiger partial charge in [-0.15, -0.1) is 0 Å². The van der Waals surface area contributed by atoms with Gasteiger partial charge < -0.3 is 19.7 Å². The fourth-order valence-electron chi connectivity index (χ4n) is 2.31. The molecule has 1 aliphatic rings. The molecule has 0 spiro atoms.